The molecule has 0 aromatic carbocycles. The zero-order valence-corrected chi connectivity index (χ0v) is 16.7. The van der Waals surface area contributed by atoms with Crippen LogP contribution in [0.5, 0.6) is 0 Å². The number of rotatable bonds is 6. The van der Waals surface area contributed by atoms with Gasteiger partial charge in [-0.25, -0.2) is 0 Å². The maximum atomic E-state index is 13.1. The Labute approximate surface area is 163 Å². The predicted octanol–water partition coefficient (Wildman–Crippen LogP) is 3.20. The van der Waals surface area contributed by atoms with E-state index in [-0.39, 0.29) is 17.7 Å². The molecule has 1 aromatic rings. The Balaban J connectivity index is 1.49. The monoisotopic (exact) mass is 389 g/mol. The molecule has 2 saturated carbocycles. The number of aryl methyl sites for hydroxylation is 1. The smallest absolute Gasteiger partial charge is 0.252 e. The predicted molar refractivity (Wildman–Crippen MR) is 102 cm³/mol. The van der Waals surface area contributed by atoms with Crippen LogP contribution >= 0.6 is 11.3 Å². The minimum Gasteiger partial charge on any atom is -0.352 e. The van der Waals surface area contributed by atoms with Crippen molar-refractivity contribution in [3.8, 4) is 0 Å². The molecule has 1 spiro atoms. The van der Waals surface area contributed by atoms with Gasteiger partial charge in [0.2, 0.25) is 0 Å². The fraction of sp³-hybridized carbons (Fsp3) is 0.714. The van der Waals surface area contributed by atoms with Crippen molar-refractivity contribution >= 4 is 23.0 Å². The molecule has 27 heavy (non-hydrogen) atoms. The summed E-state index contributed by atoms with van der Waals surface area (Å²) in [6, 6.07) is 0. The van der Waals surface area contributed by atoms with Crippen LogP contribution in [0.2, 0.25) is 0 Å². The molecule has 1 amide bonds. The van der Waals surface area contributed by atoms with Crippen LogP contribution in [-0.2, 0) is 27.1 Å². The largest absolute Gasteiger partial charge is 0.352 e. The molecule has 1 atom stereocenters. The van der Waals surface area contributed by atoms with Gasteiger partial charge in [0, 0.05) is 41.0 Å². The quantitative estimate of drug-likeness (QED) is 0.811. The van der Waals surface area contributed by atoms with E-state index >= 15 is 0 Å². The lowest BCUT2D eigenvalue weighted by atomic mass is 9.80. The Hall–Kier alpha value is -1.24. The molecule has 4 aliphatic rings. The van der Waals surface area contributed by atoms with Crippen LogP contribution in [0.4, 0.5) is 0 Å². The molecular formula is C21H27NO4S. The van der Waals surface area contributed by atoms with Crippen LogP contribution in [0.1, 0.15) is 70.6 Å². The molecule has 5 rings (SSSR count). The number of thiophene rings is 1. The van der Waals surface area contributed by atoms with Crippen molar-refractivity contribution in [1.29, 1.82) is 0 Å². The van der Waals surface area contributed by atoms with Crippen LogP contribution in [0, 0.1) is 11.8 Å². The van der Waals surface area contributed by atoms with E-state index < -0.39 is 5.79 Å². The number of carbonyl (C=O) groups excluding carboxylic acids is 2. The van der Waals surface area contributed by atoms with Crippen molar-refractivity contribution in [3.05, 3.63) is 20.9 Å². The molecule has 6 heteroatoms. The number of ether oxygens (including phenoxy) is 2. The molecule has 1 aromatic heterocycles. The van der Waals surface area contributed by atoms with Crippen LogP contribution in [0.15, 0.2) is 0 Å². The normalized spacial score (nSPS) is 26.2. The van der Waals surface area contributed by atoms with E-state index in [1.54, 1.807) is 11.3 Å². The summed E-state index contributed by atoms with van der Waals surface area (Å²) >= 11 is 1.67. The summed E-state index contributed by atoms with van der Waals surface area (Å²) in [6.45, 7) is 4.08. The van der Waals surface area contributed by atoms with E-state index in [4.69, 9.17) is 9.47 Å². The highest BCUT2D eigenvalue weighted by molar-refractivity contribution is 7.12. The standard InChI is InChI=1S/C21H27NO4S/c1-12-18-16(6-7-21(12)25-8-9-26-21)27-17(10-15(23)14-4-5-14)19(18)20(24)22-11-13-2-3-13/h12-14H,2-11H2,1H3,(H,22,24). The average molecular weight is 390 g/mol. The number of Topliss-reactive ketones (excluding diaryl/α,β-unsaturated/α-hetero) is 1. The third-order valence-corrected chi connectivity index (χ3v) is 7.77. The lowest BCUT2D eigenvalue weighted by Crippen LogP contribution is -2.41. The first kappa shape index (κ1) is 17.8. The average Bonchev–Trinajstić information content (AvgIpc) is 3.58. The Morgan fingerprint density at radius 3 is 2.59 bits per heavy atom. The van der Waals surface area contributed by atoms with Gasteiger partial charge in [0.25, 0.3) is 5.91 Å². The van der Waals surface area contributed by atoms with Crippen LogP contribution in [0.3, 0.4) is 0 Å². The number of hydrogen-bond donors (Lipinski definition) is 1. The van der Waals surface area contributed by atoms with Crippen LogP contribution in [0.25, 0.3) is 0 Å². The molecule has 1 saturated heterocycles. The first-order valence-corrected chi connectivity index (χ1v) is 11.1. The zero-order chi connectivity index (χ0) is 18.6. The molecular weight excluding hydrogens is 362 g/mol. The minimum atomic E-state index is -0.600. The summed E-state index contributed by atoms with van der Waals surface area (Å²) in [4.78, 5) is 27.8. The van der Waals surface area contributed by atoms with Crippen molar-refractivity contribution in [2.75, 3.05) is 19.8 Å². The van der Waals surface area contributed by atoms with E-state index in [2.05, 4.69) is 12.2 Å². The van der Waals surface area contributed by atoms with Crippen molar-refractivity contribution in [3.63, 3.8) is 0 Å². The highest BCUT2D eigenvalue weighted by atomic mass is 32.1. The molecule has 1 unspecified atom stereocenters. The lowest BCUT2D eigenvalue weighted by Gasteiger charge is -2.38. The second-order valence-corrected chi connectivity index (χ2v) is 9.73. The molecule has 0 bridgehead atoms. The summed E-state index contributed by atoms with van der Waals surface area (Å²) in [6.07, 6.45) is 6.50. The number of amides is 1. The highest BCUT2D eigenvalue weighted by Crippen LogP contribution is 2.49. The number of nitrogens with one attached hydrogen (secondary N) is 1. The van der Waals surface area contributed by atoms with Gasteiger partial charge in [-0.1, -0.05) is 6.92 Å². The van der Waals surface area contributed by atoms with Gasteiger partial charge < -0.3 is 14.8 Å². The molecule has 2 heterocycles. The van der Waals surface area contributed by atoms with Gasteiger partial charge in [-0.2, -0.15) is 0 Å². The third kappa shape index (κ3) is 3.26. The summed E-state index contributed by atoms with van der Waals surface area (Å²) in [5.74, 6) is 0.533. The number of fused-ring (bicyclic) bond motifs is 1. The summed E-state index contributed by atoms with van der Waals surface area (Å²) in [5.41, 5.74) is 1.82. The summed E-state index contributed by atoms with van der Waals surface area (Å²) < 4.78 is 12.0. The zero-order valence-electron chi connectivity index (χ0n) is 15.8. The summed E-state index contributed by atoms with van der Waals surface area (Å²) in [7, 11) is 0. The number of ketones is 1. The van der Waals surface area contributed by atoms with Gasteiger partial charge in [-0.3, -0.25) is 9.59 Å². The SMILES string of the molecule is CC1c2c(sc(CC(=O)C3CC3)c2C(=O)NCC2CC2)CCC12OCCO2. The van der Waals surface area contributed by atoms with E-state index in [1.165, 1.54) is 17.7 Å². The first-order chi connectivity index (χ1) is 13.1. The Kier molecular flexibility index (Phi) is 4.41. The second kappa shape index (κ2) is 6.68. The van der Waals surface area contributed by atoms with E-state index in [0.717, 1.165) is 48.2 Å². The van der Waals surface area contributed by atoms with Crippen LogP contribution < -0.4 is 5.32 Å². The second-order valence-electron chi connectivity index (χ2n) is 8.54. The van der Waals surface area contributed by atoms with E-state index in [0.29, 0.717) is 31.3 Å². The number of carbonyl (C=O) groups is 2. The Morgan fingerprint density at radius 1 is 1.19 bits per heavy atom. The molecule has 3 aliphatic carbocycles. The molecule has 1 N–H and O–H groups in total. The Bertz CT molecular complexity index is 771. The van der Waals surface area contributed by atoms with E-state index in [1.807, 2.05) is 0 Å². The maximum absolute atomic E-state index is 13.1. The van der Waals surface area contributed by atoms with Gasteiger partial charge in [0.1, 0.15) is 5.78 Å². The van der Waals surface area contributed by atoms with Crippen molar-refractivity contribution in [2.45, 2.75) is 63.6 Å². The first-order valence-electron chi connectivity index (χ1n) is 10.3. The van der Waals surface area contributed by atoms with Crippen molar-refractivity contribution in [1.82, 2.24) is 5.32 Å². The topological polar surface area (TPSA) is 64.6 Å². The van der Waals surface area contributed by atoms with Crippen molar-refractivity contribution < 1.29 is 19.1 Å². The summed E-state index contributed by atoms with van der Waals surface area (Å²) in [5, 5.41) is 3.13. The van der Waals surface area contributed by atoms with Gasteiger partial charge in [0.15, 0.2) is 5.79 Å². The van der Waals surface area contributed by atoms with Gasteiger partial charge in [0.05, 0.1) is 18.8 Å². The fourth-order valence-electron chi connectivity index (χ4n) is 4.51. The molecule has 5 nitrogen and oxygen atoms in total. The molecule has 0 radical (unpaired) electrons. The molecule has 146 valence electrons. The third-order valence-electron chi connectivity index (χ3n) is 6.51. The van der Waals surface area contributed by atoms with Gasteiger partial charge in [-0.15, -0.1) is 11.3 Å². The van der Waals surface area contributed by atoms with Crippen LogP contribution in [-0.4, -0.2) is 37.2 Å². The van der Waals surface area contributed by atoms with Gasteiger partial charge >= 0.3 is 0 Å². The molecule has 1 aliphatic heterocycles. The number of hydrogen-bond acceptors (Lipinski definition) is 5. The molecule has 3 fully saturated rings. The van der Waals surface area contributed by atoms with Crippen molar-refractivity contribution in [2.24, 2.45) is 11.8 Å². The lowest BCUT2D eigenvalue weighted by molar-refractivity contribution is -0.179. The van der Waals surface area contributed by atoms with Gasteiger partial charge in [-0.05, 0) is 43.6 Å². The fourth-order valence-corrected chi connectivity index (χ4v) is 5.92. The minimum absolute atomic E-state index is 0.00597. The van der Waals surface area contributed by atoms with E-state index in [9.17, 15) is 9.59 Å². The maximum Gasteiger partial charge on any atom is 0.252 e. The highest BCUT2D eigenvalue weighted by Gasteiger charge is 2.48. The Morgan fingerprint density at radius 2 is 1.93 bits per heavy atom.